The summed E-state index contributed by atoms with van der Waals surface area (Å²) in [4.78, 5) is 25.1. The first-order valence-electron chi connectivity index (χ1n) is 6.06. The average Bonchev–Trinajstić information content (AvgIpc) is 2.64. The fourth-order valence-electron chi connectivity index (χ4n) is 1.72. The molecule has 1 aromatic rings. The van der Waals surface area contributed by atoms with Crippen molar-refractivity contribution in [2.75, 3.05) is 13.6 Å². The van der Waals surface area contributed by atoms with Crippen LogP contribution in [-0.2, 0) is 12.8 Å². The molecule has 1 rings (SSSR count). The minimum absolute atomic E-state index is 0.284. The van der Waals surface area contributed by atoms with E-state index in [2.05, 4.69) is 0 Å². The van der Waals surface area contributed by atoms with E-state index in [-0.39, 0.29) is 6.03 Å². The zero-order chi connectivity index (χ0) is 13.0. The lowest BCUT2D eigenvalue weighted by molar-refractivity contribution is 0.175. The van der Waals surface area contributed by atoms with Crippen molar-refractivity contribution in [2.24, 2.45) is 0 Å². The molecule has 5 heteroatoms. The molecule has 1 amide bonds. The summed E-state index contributed by atoms with van der Waals surface area (Å²) in [5.41, 5.74) is 0.934. The van der Waals surface area contributed by atoms with Crippen LogP contribution in [0.1, 0.15) is 38.4 Å². The monoisotopic (exact) mass is 240 g/mol. The Labute approximate surface area is 101 Å². The molecule has 0 aliphatic rings. The number of carbonyl (C=O) groups excluding carboxylic acids is 1. The second-order valence-electron chi connectivity index (χ2n) is 4.00. The van der Waals surface area contributed by atoms with Gasteiger partial charge in [0, 0.05) is 13.6 Å². The molecule has 0 saturated carbocycles. The molecule has 0 aliphatic heterocycles. The third-order valence-corrected chi connectivity index (χ3v) is 2.83. The summed E-state index contributed by atoms with van der Waals surface area (Å²) in [6.45, 7) is 6.35. The van der Waals surface area contributed by atoms with Crippen LogP contribution in [0.25, 0.3) is 0 Å². The molecule has 1 aromatic heterocycles. The van der Waals surface area contributed by atoms with Gasteiger partial charge in [-0.25, -0.2) is 9.59 Å². The third kappa shape index (κ3) is 2.60. The Morgan fingerprint density at radius 2 is 2.00 bits per heavy atom. The lowest BCUT2D eigenvalue weighted by atomic mass is 10.1. The summed E-state index contributed by atoms with van der Waals surface area (Å²) in [5.74, 6) is 0. The number of amides is 1. The average molecular weight is 240 g/mol. The Morgan fingerprint density at radius 3 is 2.47 bits per heavy atom. The second-order valence-corrected chi connectivity index (χ2v) is 4.00. The van der Waals surface area contributed by atoms with Crippen LogP contribution in [0.3, 0.4) is 0 Å². The van der Waals surface area contributed by atoms with Crippen molar-refractivity contribution in [1.82, 2.24) is 9.64 Å². The number of rotatable bonds is 4. The van der Waals surface area contributed by atoms with Gasteiger partial charge in [0.25, 0.3) is 0 Å². The summed E-state index contributed by atoms with van der Waals surface area (Å²) in [7, 11) is 1.68. The lowest BCUT2D eigenvalue weighted by Gasteiger charge is -2.15. The van der Waals surface area contributed by atoms with Gasteiger partial charge in [-0.15, -0.1) is 4.74 Å². The molecule has 0 saturated heterocycles. The molecule has 1 heterocycles. The number of hydrogen-bond donors (Lipinski definition) is 0. The predicted molar refractivity (Wildman–Crippen MR) is 65.4 cm³/mol. The van der Waals surface area contributed by atoms with Crippen molar-refractivity contribution in [3.05, 3.63) is 21.7 Å². The summed E-state index contributed by atoms with van der Waals surface area (Å²) < 4.78 is 6.19. The molecule has 0 unspecified atom stereocenters. The Hall–Kier alpha value is -1.52. The molecule has 0 aliphatic carbocycles. The van der Waals surface area contributed by atoms with Gasteiger partial charge in [-0.05, 0) is 19.8 Å². The van der Waals surface area contributed by atoms with Crippen LogP contribution in [0, 0.1) is 0 Å². The predicted octanol–water partition coefficient (Wildman–Crippen LogP) is 1.88. The maximum atomic E-state index is 12.0. The highest BCUT2D eigenvalue weighted by Gasteiger charge is 2.21. The molecular formula is C12H20N2O3. The largest absolute Gasteiger partial charge is 0.361 e. The molecule has 0 bridgehead atoms. The topological polar surface area (TPSA) is 55.5 Å². The zero-order valence-electron chi connectivity index (χ0n) is 10.9. The van der Waals surface area contributed by atoms with Gasteiger partial charge in [-0.2, -0.15) is 0 Å². The fourth-order valence-corrected chi connectivity index (χ4v) is 1.72. The van der Waals surface area contributed by atoms with E-state index in [0.29, 0.717) is 30.6 Å². The van der Waals surface area contributed by atoms with Crippen LogP contribution >= 0.6 is 0 Å². The van der Waals surface area contributed by atoms with Crippen molar-refractivity contribution >= 4 is 6.03 Å². The van der Waals surface area contributed by atoms with Gasteiger partial charge in [0.15, 0.2) is 0 Å². The third-order valence-electron chi connectivity index (χ3n) is 2.83. The molecule has 0 spiro atoms. The highest BCUT2D eigenvalue weighted by atomic mass is 16.5. The van der Waals surface area contributed by atoms with Crippen molar-refractivity contribution in [3.63, 3.8) is 0 Å². The van der Waals surface area contributed by atoms with E-state index >= 15 is 0 Å². The Kier molecular flexibility index (Phi) is 4.54. The van der Waals surface area contributed by atoms with E-state index in [0.717, 1.165) is 11.2 Å². The molecular weight excluding hydrogens is 220 g/mol. The van der Waals surface area contributed by atoms with Crippen LogP contribution in [0.5, 0.6) is 0 Å². The van der Waals surface area contributed by atoms with E-state index in [1.54, 1.807) is 7.05 Å². The molecule has 0 aromatic carbocycles. The highest BCUT2D eigenvalue weighted by Crippen LogP contribution is 2.11. The van der Waals surface area contributed by atoms with E-state index in [1.807, 2.05) is 20.8 Å². The molecule has 96 valence electrons. The van der Waals surface area contributed by atoms with Crippen LogP contribution in [0.4, 0.5) is 4.79 Å². The number of carbonyl (C=O) groups is 1. The van der Waals surface area contributed by atoms with Gasteiger partial charge in [0.1, 0.15) is 0 Å². The molecule has 0 fully saturated rings. The zero-order valence-corrected chi connectivity index (χ0v) is 10.9. The van der Waals surface area contributed by atoms with Crippen molar-refractivity contribution in [1.29, 1.82) is 0 Å². The van der Waals surface area contributed by atoms with Gasteiger partial charge in [0.05, 0.1) is 11.3 Å². The minimum atomic E-state index is -0.395. The lowest BCUT2D eigenvalue weighted by Crippen LogP contribution is -2.31. The van der Waals surface area contributed by atoms with E-state index in [9.17, 15) is 9.59 Å². The number of aromatic nitrogens is 1. The van der Waals surface area contributed by atoms with Gasteiger partial charge in [-0.3, -0.25) is 0 Å². The van der Waals surface area contributed by atoms with Gasteiger partial charge in [0.2, 0.25) is 0 Å². The molecule has 17 heavy (non-hydrogen) atoms. The number of nitrogens with zero attached hydrogens (tertiary/aromatic N) is 2. The van der Waals surface area contributed by atoms with Gasteiger partial charge in [-0.1, -0.05) is 20.3 Å². The SMILES string of the molecule is CCCc1c(CC)c(=O)on1C(=O)N(C)CC. The van der Waals surface area contributed by atoms with Gasteiger partial charge < -0.3 is 9.42 Å². The molecule has 0 radical (unpaired) electrons. The first kappa shape index (κ1) is 13.5. The maximum Gasteiger partial charge on any atom is 0.361 e. The van der Waals surface area contributed by atoms with Crippen molar-refractivity contribution < 1.29 is 9.32 Å². The maximum absolute atomic E-state index is 12.0. The van der Waals surface area contributed by atoms with Crippen LogP contribution < -0.4 is 5.63 Å². The molecule has 0 N–H and O–H groups in total. The standard InChI is InChI=1S/C12H20N2O3/c1-5-8-10-9(6-2)11(15)17-14(10)12(16)13(4)7-3/h5-8H2,1-4H3. The van der Waals surface area contributed by atoms with Crippen molar-refractivity contribution in [2.45, 2.75) is 40.0 Å². The van der Waals surface area contributed by atoms with Crippen LogP contribution in [0.2, 0.25) is 0 Å². The molecule has 5 nitrogen and oxygen atoms in total. The minimum Gasteiger partial charge on any atom is -0.327 e. The van der Waals surface area contributed by atoms with Crippen molar-refractivity contribution in [3.8, 4) is 0 Å². The number of hydrogen-bond acceptors (Lipinski definition) is 3. The van der Waals surface area contributed by atoms with Crippen LogP contribution in [-0.4, -0.2) is 29.3 Å². The smallest absolute Gasteiger partial charge is 0.327 e. The van der Waals surface area contributed by atoms with Gasteiger partial charge >= 0.3 is 11.7 Å². The van der Waals surface area contributed by atoms with Crippen LogP contribution in [0.15, 0.2) is 9.32 Å². The van der Waals surface area contributed by atoms with E-state index < -0.39 is 5.63 Å². The Balaban J connectivity index is 3.23. The summed E-state index contributed by atoms with van der Waals surface area (Å²) in [5, 5.41) is 0. The highest BCUT2D eigenvalue weighted by molar-refractivity contribution is 5.76. The fraction of sp³-hybridized carbons (Fsp3) is 0.667. The summed E-state index contributed by atoms with van der Waals surface area (Å²) in [6.07, 6.45) is 2.14. The Bertz CT molecular complexity index is 445. The normalized spacial score (nSPS) is 10.6. The summed E-state index contributed by atoms with van der Waals surface area (Å²) >= 11 is 0. The summed E-state index contributed by atoms with van der Waals surface area (Å²) in [6, 6.07) is -0.284. The first-order valence-corrected chi connectivity index (χ1v) is 6.06. The van der Waals surface area contributed by atoms with E-state index in [1.165, 1.54) is 4.90 Å². The second kappa shape index (κ2) is 5.70. The molecule has 0 atom stereocenters. The first-order chi connectivity index (χ1) is 8.06. The van der Waals surface area contributed by atoms with E-state index in [4.69, 9.17) is 4.52 Å². The Morgan fingerprint density at radius 1 is 1.35 bits per heavy atom. The quantitative estimate of drug-likeness (QED) is 0.807.